The Morgan fingerprint density at radius 1 is 0.879 bits per heavy atom. The molecule has 11 heteroatoms. The second-order valence-corrected chi connectivity index (χ2v) is 9.64. The molecule has 0 aliphatic heterocycles. The van der Waals surface area contributed by atoms with E-state index in [9.17, 15) is 8.42 Å². The van der Waals surface area contributed by atoms with Gasteiger partial charge in [-0.2, -0.15) is 0 Å². The number of aromatic nitrogens is 1. The van der Waals surface area contributed by atoms with Gasteiger partial charge in [0.05, 0.1) is 62.2 Å². The normalized spacial score (nSPS) is 11.8. The quantitative estimate of drug-likeness (QED) is 0.306. The Morgan fingerprint density at radius 3 is 2.15 bits per heavy atom. The van der Waals surface area contributed by atoms with Gasteiger partial charge < -0.3 is 24.1 Å². The van der Waals surface area contributed by atoms with Crippen LogP contribution in [-0.2, 0) is 30.0 Å². The Bertz CT molecular complexity index is 1100. The third-order valence-corrected chi connectivity index (χ3v) is 6.34. The summed E-state index contributed by atoms with van der Waals surface area (Å²) in [6.45, 7) is 3.04. The van der Waals surface area contributed by atoms with Crippen LogP contribution in [0.1, 0.15) is 5.56 Å². The maximum Gasteiger partial charge on any atom is 0.213 e. The van der Waals surface area contributed by atoms with Crippen molar-refractivity contribution in [1.29, 1.82) is 0 Å². The summed E-state index contributed by atoms with van der Waals surface area (Å²) < 4.78 is 45.4. The summed E-state index contributed by atoms with van der Waals surface area (Å²) >= 11 is 1.44. The summed E-state index contributed by atoms with van der Waals surface area (Å²) in [5, 5.41) is 14.6. The molecule has 3 rings (SSSR count). The van der Waals surface area contributed by atoms with Crippen LogP contribution in [0.5, 0.6) is 5.75 Å². The Balaban J connectivity index is 1.43. The minimum absolute atomic E-state index is 0.0121. The lowest BCUT2D eigenvalue weighted by molar-refractivity contribution is 0.00361. The smallest absolute Gasteiger partial charge is 0.213 e. The van der Waals surface area contributed by atoms with Crippen molar-refractivity contribution >= 4 is 31.6 Å². The molecule has 3 aromatic rings. The number of sulfonamides is 1. The average molecular weight is 497 g/mol. The van der Waals surface area contributed by atoms with E-state index >= 15 is 0 Å². The second kappa shape index (κ2) is 12.9. The van der Waals surface area contributed by atoms with Crippen LogP contribution in [0.4, 0.5) is 0 Å². The number of hydrogen-bond acceptors (Lipinski definition) is 9. The predicted molar refractivity (Wildman–Crippen MR) is 127 cm³/mol. The SMILES string of the molecule is NS(=O)(=O)Cc1cccc2nc(-c3ccc(OCCOCCOCCOCCO)cc3)sc12. The Labute approximate surface area is 197 Å². The summed E-state index contributed by atoms with van der Waals surface area (Å²) in [5.41, 5.74) is 2.32. The monoisotopic (exact) mass is 496 g/mol. The number of fused-ring (bicyclic) bond motifs is 1. The highest BCUT2D eigenvalue weighted by atomic mass is 32.2. The zero-order valence-corrected chi connectivity index (χ0v) is 19.8. The minimum atomic E-state index is -3.62. The number of aliphatic hydroxyl groups excluding tert-OH is 1. The maximum absolute atomic E-state index is 11.5. The van der Waals surface area contributed by atoms with Gasteiger partial charge in [-0.15, -0.1) is 11.3 Å². The minimum Gasteiger partial charge on any atom is -0.491 e. The Hall–Kier alpha value is -2.12. The summed E-state index contributed by atoms with van der Waals surface area (Å²) in [5.74, 6) is 0.502. The van der Waals surface area contributed by atoms with Gasteiger partial charge >= 0.3 is 0 Å². The molecule has 0 atom stereocenters. The first-order valence-corrected chi connectivity index (χ1v) is 13.0. The first kappa shape index (κ1) is 25.5. The van der Waals surface area contributed by atoms with Gasteiger partial charge in [0.15, 0.2) is 0 Å². The van der Waals surface area contributed by atoms with Crippen LogP contribution in [0.25, 0.3) is 20.8 Å². The molecule has 0 fully saturated rings. The topological polar surface area (TPSA) is 130 Å². The predicted octanol–water partition coefficient (Wildman–Crippen LogP) is 2.17. The molecule has 180 valence electrons. The molecule has 0 spiro atoms. The first-order valence-electron chi connectivity index (χ1n) is 10.4. The van der Waals surface area contributed by atoms with Crippen LogP contribution < -0.4 is 9.88 Å². The van der Waals surface area contributed by atoms with Crippen molar-refractivity contribution in [3.8, 4) is 16.3 Å². The van der Waals surface area contributed by atoms with E-state index in [4.69, 9.17) is 29.2 Å². The number of nitrogens with two attached hydrogens (primary N) is 1. The van der Waals surface area contributed by atoms with Crippen LogP contribution >= 0.6 is 11.3 Å². The highest BCUT2D eigenvalue weighted by Gasteiger charge is 2.13. The number of ether oxygens (including phenoxy) is 4. The van der Waals surface area contributed by atoms with Crippen molar-refractivity contribution in [3.05, 3.63) is 48.0 Å². The first-order chi connectivity index (χ1) is 16.0. The second-order valence-electron chi connectivity index (χ2n) is 7.03. The largest absolute Gasteiger partial charge is 0.491 e. The fraction of sp³-hybridized carbons (Fsp3) is 0.409. The van der Waals surface area contributed by atoms with Gasteiger partial charge in [0.1, 0.15) is 17.4 Å². The van der Waals surface area contributed by atoms with E-state index in [1.165, 1.54) is 11.3 Å². The molecule has 0 aliphatic rings. The van der Waals surface area contributed by atoms with E-state index in [0.717, 1.165) is 26.5 Å². The maximum atomic E-state index is 11.5. The molecule has 0 bridgehead atoms. The highest BCUT2D eigenvalue weighted by Crippen LogP contribution is 2.33. The lowest BCUT2D eigenvalue weighted by atomic mass is 10.2. The lowest BCUT2D eigenvalue weighted by Crippen LogP contribution is -2.14. The number of primary sulfonamides is 1. The Kier molecular flexibility index (Phi) is 10.0. The molecule has 0 amide bonds. The summed E-state index contributed by atoms with van der Waals surface area (Å²) in [6, 6.07) is 13.0. The Morgan fingerprint density at radius 2 is 1.52 bits per heavy atom. The van der Waals surface area contributed by atoms with Crippen LogP contribution in [0.15, 0.2) is 42.5 Å². The van der Waals surface area contributed by atoms with E-state index in [-0.39, 0.29) is 12.4 Å². The van der Waals surface area contributed by atoms with E-state index in [2.05, 4.69) is 4.98 Å². The van der Waals surface area contributed by atoms with E-state index in [1.54, 1.807) is 12.1 Å². The third kappa shape index (κ3) is 8.63. The van der Waals surface area contributed by atoms with Gasteiger partial charge in [-0.25, -0.2) is 18.5 Å². The number of benzene rings is 2. The molecule has 1 heterocycles. The lowest BCUT2D eigenvalue weighted by Gasteiger charge is -2.08. The number of hydrogen-bond donors (Lipinski definition) is 2. The van der Waals surface area contributed by atoms with Crippen LogP contribution in [0, 0.1) is 0 Å². The standard InChI is InChI=1S/C22H28N2O7S2/c23-33(26,27)16-18-2-1-3-20-21(18)32-22(24-20)17-4-6-19(7-5-17)31-15-14-30-13-12-29-11-10-28-9-8-25/h1-7,25H,8-16H2,(H2,23,26,27). The summed E-state index contributed by atoms with van der Waals surface area (Å²) in [4.78, 5) is 4.63. The van der Waals surface area contributed by atoms with Crippen LogP contribution in [0.3, 0.4) is 0 Å². The zero-order chi connectivity index (χ0) is 23.5. The average Bonchev–Trinajstić information content (AvgIpc) is 3.22. The molecule has 2 aromatic carbocycles. The number of rotatable bonds is 15. The van der Waals surface area contributed by atoms with Gasteiger partial charge in [-0.05, 0) is 35.9 Å². The molecule has 0 saturated carbocycles. The van der Waals surface area contributed by atoms with E-state index in [1.807, 2.05) is 30.3 Å². The molecule has 3 N–H and O–H groups in total. The zero-order valence-electron chi connectivity index (χ0n) is 18.1. The molecule has 0 unspecified atom stereocenters. The van der Waals surface area contributed by atoms with Crippen molar-refractivity contribution in [2.24, 2.45) is 5.14 Å². The molecule has 33 heavy (non-hydrogen) atoms. The molecular formula is C22H28N2O7S2. The summed E-state index contributed by atoms with van der Waals surface area (Å²) in [6.07, 6.45) is 0. The van der Waals surface area contributed by atoms with Gasteiger partial charge in [-0.1, -0.05) is 12.1 Å². The molecule has 9 nitrogen and oxygen atoms in total. The third-order valence-electron chi connectivity index (χ3n) is 4.43. The summed E-state index contributed by atoms with van der Waals surface area (Å²) in [7, 11) is -3.62. The molecular weight excluding hydrogens is 468 g/mol. The van der Waals surface area contributed by atoms with Crippen molar-refractivity contribution in [2.45, 2.75) is 5.75 Å². The van der Waals surface area contributed by atoms with Crippen LogP contribution in [0.2, 0.25) is 0 Å². The van der Waals surface area contributed by atoms with Gasteiger partial charge in [0, 0.05) is 5.56 Å². The van der Waals surface area contributed by atoms with Crippen molar-refractivity contribution < 1.29 is 32.5 Å². The molecule has 0 saturated heterocycles. The molecule has 0 aliphatic carbocycles. The van der Waals surface area contributed by atoms with Gasteiger partial charge in [-0.3, -0.25) is 0 Å². The fourth-order valence-electron chi connectivity index (χ4n) is 2.98. The van der Waals surface area contributed by atoms with Gasteiger partial charge in [0.2, 0.25) is 10.0 Å². The van der Waals surface area contributed by atoms with E-state index in [0.29, 0.717) is 51.8 Å². The highest BCUT2D eigenvalue weighted by molar-refractivity contribution is 7.88. The van der Waals surface area contributed by atoms with Crippen LogP contribution in [-0.4, -0.2) is 71.4 Å². The van der Waals surface area contributed by atoms with Gasteiger partial charge in [0.25, 0.3) is 0 Å². The van der Waals surface area contributed by atoms with E-state index < -0.39 is 10.0 Å². The van der Waals surface area contributed by atoms with Crippen molar-refractivity contribution in [3.63, 3.8) is 0 Å². The van der Waals surface area contributed by atoms with Crippen molar-refractivity contribution in [1.82, 2.24) is 4.98 Å². The molecule has 1 aromatic heterocycles. The molecule has 0 radical (unpaired) electrons. The number of aliphatic hydroxyl groups is 1. The number of thiazole rings is 1. The fourth-order valence-corrected chi connectivity index (χ4v) is 4.82. The number of nitrogens with zero attached hydrogens (tertiary/aromatic N) is 1. The van der Waals surface area contributed by atoms with Crippen molar-refractivity contribution in [2.75, 3.05) is 52.9 Å².